The number of benzene rings is 1. The number of aliphatic imine (C=N–C) groups is 1. The highest BCUT2D eigenvalue weighted by molar-refractivity contribution is 6.06. The first-order valence-electron chi connectivity index (χ1n) is 10.9. The summed E-state index contributed by atoms with van der Waals surface area (Å²) in [7, 11) is 1.70. The zero-order valence-electron chi connectivity index (χ0n) is 20.2. The Morgan fingerprint density at radius 2 is 1.97 bits per heavy atom. The molecular formula is C25H25F3N6O2. The Bertz CT molecular complexity index is 1370. The zero-order chi connectivity index (χ0) is 26.5. The fourth-order valence-electron chi connectivity index (χ4n) is 3.34. The van der Waals surface area contributed by atoms with Crippen LogP contribution >= 0.6 is 0 Å². The molecule has 2 aromatic heterocycles. The Kier molecular flexibility index (Phi) is 8.03. The monoisotopic (exact) mass is 498 g/mol. The molecule has 188 valence electrons. The minimum Gasteiger partial charge on any atom is -0.477 e. The molecule has 0 bridgehead atoms. The van der Waals surface area contributed by atoms with Gasteiger partial charge in [-0.25, -0.2) is 4.98 Å². The summed E-state index contributed by atoms with van der Waals surface area (Å²) in [6.07, 6.45) is -1.18. The summed E-state index contributed by atoms with van der Waals surface area (Å²) in [4.78, 5) is 28.9. The van der Waals surface area contributed by atoms with E-state index < -0.39 is 17.8 Å². The molecule has 0 saturated heterocycles. The molecule has 0 unspecified atom stereocenters. The highest BCUT2D eigenvalue weighted by Crippen LogP contribution is 2.35. The number of ether oxygens (including phenoxy) is 1. The lowest BCUT2D eigenvalue weighted by Gasteiger charge is -2.15. The summed E-state index contributed by atoms with van der Waals surface area (Å²) in [5.41, 5.74) is 1.58. The van der Waals surface area contributed by atoms with Gasteiger partial charge in [-0.05, 0) is 62.9 Å². The minimum absolute atomic E-state index is 0.211. The Morgan fingerprint density at radius 3 is 2.58 bits per heavy atom. The van der Waals surface area contributed by atoms with Gasteiger partial charge in [0.15, 0.2) is 5.65 Å². The molecule has 3 rings (SSSR count). The molecule has 3 aromatic rings. The predicted octanol–water partition coefficient (Wildman–Crippen LogP) is 5.47. The van der Waals surface area contributed by atoms with Gasteiger partial charge in [-0.3, -0.25) is 9.79 Å². The van der Waals surface area contributed by atoms with Crippen LogP contribution in [0, 0.1) is 6.92 Å². The molecule has 0 fully saturated rings. The number of halogens is 3. The van der Waals surface area contributed by atoms with E-state index in [0.29, 0.717) is 52.4 Å². The van der Waals surface area contributed by atoms with Gasteiger partial charge in [-0.15, -0.1) is 0 Å². The Morgan fingerprint density at radius 1 is 1.22 bits per heavy atom. The van der Waals surface area contributed by atoms with Crippen molar-refractivity contribution >= 4 is 35.3 Å². The quantitative estimate of drug-likeness (QED) is 0.243. The SMILES string of the molecule is C=N/C(=C\C(=C/C)C(=O)Nc1ccc(C)c(-c2cc3cnc(NC)nc3nc2OCC)c1)C(F)(F)F. The van der Waals surface area contributed by atoms with Crippen molar-refractivity contribution in [3.8, 4) is 17.0 Å². The number of anilines is 2. The Hall–Kier alpha value is -4.28. The zero-order valence-corrected chi connectivity index (χ0v) is 20.2. The summed E-state index contributed by atoms with van der Waals surface area (Å²) in [5.74, 6) is 0.0360. The van der Waals surface area contributed by atoms with E-state index >= 15 is 0 Å². The lowest BCUT2D eigenvalue weighted by Crippen LogP contribution is -2.16. The van der Waals surface area contributed by atoms with Crippen molar-refractivity contribution in [3.05, 3.63) is 59.4 Å². The van der Waals surface area contributed by atoms with Gasteiger partial charge < -0.3 is 15.4 Å². The standard InChI is InChI=1S/C25H25F3N6O2/c1-6-15(11-20(29-4)25(26,27)28)22(35)32-17-9-8-14(3)18(12-17)19-10-16-13-31-24(30-5)34-21(16)33-23(19)36-7-2/h6,8-13H,4,7H2,1-3,5H3,(H,32,35)(H,30,31,33,34)/b15-6+,20-11-. The maximum Gasteiger partial charge on any atom is 0.433 e. The molecule has 0 aliphatic heterocycles. The van der Waals surface area contributed by atoms with Crippen LogP contribution in [0.5, 0.6) is 5.88 Å². The van der Waals surface area contributed by atoms with Crippen LogP contribution in [0.4, 0.5) is 24.8 Å². The number of pyridine rings is 1. The van der Waals surface area contributed by atoms with Gasteiger partial charge in [-0.1, -0.05) is 12.1 Å². The third kappa shape index (κ3) is 5.85. The van der Waals surface area contributed by atoms with Crippen LogP contribution in [0.1, 0.15) is 19.4 Å². The van der Waals surface area contributed by atoms with Crippen molar-refractivity contribution < 1.29 is 22.7 Å². The second-order valence-corrected chi connectivity index (χ2v) is 7.54. The third-order valence-corrected chi connectivity index (χ3v) is 5.15. The number of alkyl halides is 3. The Labute approximate surface area is 206 Å². The van der Waals surface area contributed by atoms with E-state index in [1.54, 1.807) is 31.4 Å². The van der Waals surface area contributed by atoms with Crippen LogP contribution in [-0.2, 0) is 4.79 Å². The van der Waals surface area contributed by atoms with E-state index in [-0.39, 0.29) is 5.57 Å². The van der Waals surface area contributed by atoms with Crippen LogP contribution in [0.25, 0.3) is 22.2 Å². The van der Waals surface area contributed by atoms with Crippen LogP contribution in [-0.4, -0.2) is 47.4 Å². The molecule has 0 aliphatic carbocycles. The van der Waals surface area contributed by atoms with Crippen molar-refractivity contribution in [2.45, 2.75) is 26.9 Å². The number of aromatic nitrogens is 3. The van der Waals surface area contributed by atoms with E-state index in [1.807, 2.05) is 19.9 Å². The number of rotatable bonds is 8. The summed E-state index contributed by atoms with van der Waals surface area (Å²) in [6, 6.07) is 6.98. The van der Waals surface area contributed by atoms with E-state index in [0.717, 1.165) is 5.56 Å². The number of allylic oxidation sites excluding steroid dienone is 2. The van der Waals surface area contributed by atoms with E-state index in [4.69, 9.17) is 4.74 Å². The van der Waals surface area contributed by atoms with Crippen molar-refractivity contribution in [1.82, 2.24) is 15.0 Å². The van der Waals surface area contributed by atoms with Crippen LogP contribution < -0.4 is 15.4 Å². The summed E-state index contributed by atoms with van der Waals surface area (Å²) in [5, 5.41) is 6.18. The van der Waals surface area contributed by atoms with Gasteiger partial charge in [0.2, 0.25) is 11.8 Å². The van der Waals surface area contributed by atoms with Gasteiger partial charge in [0.05, 0.1) is 6.61 Å². The number of carbonyl (C=O) groups excluding carboxylic acids is 1. The third-order valence-electron chi connectivity index (χ3n) is 5.15. The number of fused-ring (bicyclic) bond motifs is 1. The summed E-state index contributed by atoms with van der Waals surface area (Å²) >= 11 is 0. The number of aryl methyl sites for hydroxylation is 1. The van der Waals surface area contributed by atoms with Crippen molar-refractivity contribution in [1.29, 1.82) is 0 Å². The number of hydrogen-bond acceptors (Lipinski definition) is 7. The maximum absolute atomic E-state index is 13.1. The number of nitrogens with one attached hydrogen (secondary N) is 2. The van der Waals surface area contributed by atoms with Gasteiger partial charge in [0.25, 0.3) is 5.91 Å². The maximum atomic E-state index is 13.1. The highest BCUT2D eigenvalue weighted by Gasteiger charge is 2.33. The highest BCUT2D eigenvalue weighted by atomic mass is 19.4. The molecule has 1 aromatic carbocycles. The largest absolute Gasteiger partial charge is 0.477 e. The lowest BCUT2D eigenvalue weighted by atomic mass is 9.99. The topological polar surface area (TPSA) is 101 Å². The van der Waals surface area contributed by atoms with Crippen LogP contribution in [0.15, 0.2) is 58.9 Å². The van der Waals surface area contributed by atoms with Crippen LogP contribution in [0.3, 0.4) is 0 Å². The van der Waals surface area contributed by atoms with Gasteiger partial charge in [0, 0.05) is 35.5 Å². The van der Waals surface area contributed by atoms with E-state index in [2.05, 4.69) is 37.3 Å². The molecule has 8 nitrogen and oxygen atoms in total. The molecule has 36 heavy (non-hydrogen) atoms. The fourth-order valence-corrected chi connectivity index (χ4v) is 3.34. The van der Waals surface area contributed by atoms with Crippen molar-refractivity contribution in [3.63, 3.8) is 0 Å². The van der Waals surface area contributed by atoms with Gasteiger partial charge >= 0.3 is 6.18 Å². The number of nitrogens with zero attached hydrogens (tertiary/aromatic N) is 4. The Balaban J connectivity index is 2.02. The van der Waals surface area contributed by atoms with E-state index in [1.165, 1.54) is 13.0 Å². The first-order valence-corrected chi connectivity index (χ1v) is 10.9. The minimum atomic E-state index is -4.73. The molecule has 0 spiro atoms. The predicted molar refractivity (Wildman–Crippen MR) is 134 cm³/mol. The second kappa shape index (κ2) is 11.0. The second-order valence-electron chi connectivity index (χ2n) is 7.54. The van der Waals surface area contributed by atoms with Crippen molar-refractivity contribution in [2.75, 3.05) is 24.3 Å². The number of carbonyl (C=O) groups is 1. The van der Waals surface area contributed by atoms with E-state index in [9.17, 15) is 18.0 Å². The molecular weight excluding hydrogens is 473 g/mol. The van der Waals surface area contributed by atoms with Gasteiger partial charge in [0.1, 0.15) is 5.70 Å². The first-order chi connectivity index (χ1) is 17.1. The molecule has 2 heterocycles. The molecule has 0 aliphatic rings. The summed E-state index contributed by atoms with van der Waals surface area (Å²) < 4.78 is 44.9. The molecule has 0 radical (unpaired) electrons. The smallest absolute Gasteiger partial charge is 0.433 e. The number of amides is 1. The van der Waals surface area contributed by atoms with Crippen molar-refractivity contribution in [2.24, 2.45) is 4.99 Å². The molecule has 0 atom stereocenters. The normalized spacial score (nSPS) is 12.4. The first kappa shape index (κ1) is 26.3. The van der Waals surface area contributed by atoms with Gasteiger partial charge in [-0.2, -0.15) is 23.1 Å². The molecule has 2 N–H and O–H groups in total. The summed E-state index contributed by atoms with van der Waals surface area (Å²) in [6.45, 7) is 8.47. The fraction of sp³-hybridized carbons (Fsp3) is 0.240. The lowest BCUT2D eigenvalue weighted by molar-refractivity contribution is -0.112. The van der Waals surface area contributed by atoms with Crippen LogP contribution in [0.2, 0.25) is 0 Å². The molecule has 1 amide bonds. The average molecular weight is 499 g/mol. The molecule has 0 saturated carbocycles. The number of hydrogen-bond donors (Lipinski definition) is 2. The molecule has 11 heteroatoms. The average Bonchev–Trinajstić information content (AvgIpc) is 2.84.